The van der Waals surface area contributed by atoms with Gasteiger partial charge in [0.15, 0.2) is 0 Å². The summed E-state index contributed by atoms with van der Waals surface area (Å²) < 4.78 is 0. The second kappa shape index (κ2) is 5.66. The Hall–Kier alpha value is -1.82. The monoisotopic (exact) mass is 293 g/mol. The summed E-state index contributed by atoms with van der Waals surface area (Å²) >= 11 is 1.41. The standard InChI is InChI=1S/C14H15NO4S/c1-8(16)5-6-15-11-7-10(14(18)19)3-4-12(11)20-9(2)13(15)17/h3-4,7,9H,5-6H2,1-2H3,(H,18,19). The van der Waals surface area contributed by atoms with E-state index in [1.807, 2.05) is 6.92 Å². The molecule has 1 heterocycles. The third-order valence-corrected chi connectivity index (χ3v) is 4.26. The van der Waals surface area contributed by atoms with Crippen molar-refractivity contribution in [1.82, 2.24) is 0 Å². The van der Waals surface area contributed by atoms with Gasteiger partial charge in [-0.15, -0.1) is 11.8 Å². The number of thioether (sulfide) groups is 1. The summed E-state index contributed by atoms with van der Waals surface area (Å²) in [6.07, 6.45) is 0.264. The van der Waals surface area contributed by atoms with Gasteiger partial charge in [0.25, 0.3) is 0 Å². The first-order valence-corrected chi connectivity index (χ1v) is 7.13. The Morgan fingerprint density at radius 3 is 2.70 bits per heavy atom. The molecular formula is C14H15NO4S. The summed E-state index contributed by atoms with van der Waals surface area (Å²) in [7, 11) is 0. The molecule has 1 aliphatic heterocycles. The van der Waals surface area contributed by atoms with E-state index in [0.717, 1.165) is 4.90 Å². The van der Waals surface area contributed by atoms with Gasteiger partial charge in [0, 0.05) is 17.9 Å². The van der Waals surface area contributed by atoms with Crippen LogP contribution in [0, 0.1) is 0 Å². The van der Waals surface area contributed by atoms with Crippen molar-refractivity contribution in [3.05, 3.63) is 23.8 Å². The second-order valence-corrected chi connectivity index (χ2v) is 6.07. The minimum atomic E-state index is -1.03. The number of fused-ring (bicyclic) bond motifs is 1. The van der Waals surface area contributed by atoms with Crippen molar-refractivity contribution >= 4 is 35.1 Å². The van der Waals surface area contributed by atoms with E-state index >= 15 is 0 Å². The van der Waals surface area contributed by atoms with E-state index in [2.05, 4.69) is 0 Å². The molecule has 1 atom stereocenters. The van der Waals surface area contributed by atoms with Crippen LogP contribution in [0.25, 0.3) is 0 Å². The molecule has 2 rings (SSSR count). The summed E-state index contributed by atoms with van der Waals surface area (Å²) in [5.74, 6) is -1.12. The predicted molar refractivity (Wildman–Crippen MR) is 76.4 cm³/mol. The van der Waals surface area contributed by atoms with E-state index in [4.69, 9.17) is 5.11 Å². The predicted octanol–water partition coefficient (Wildman–Crippen LogP) is 2.19. The van der Waals surface area contributed by atoms with Crippen LogP contribution in [-0.2, 0) is 9.59 Å². The van der Waals surface area contributed by atoms with Crippen molar-refractivity contribution in [2.75, 3.05) is 11.4 Å². The molecule has 0 saturated carbocycles. The van der Waals surface area contributed by atoms with Gasteiger partial charge in [-0.25, -0.2) is 4.79 Å². The highest BCUT2D eigenvalue weighted by Gasteiger charge is 2.31. The molecule has 0 radical (unpaired) electrons. The van der Waals surface area contributed by atoms with Crippen LogP contribution in [0.15, 0.2) is 23.1 Å². The van der Waals surface area contributed by atoms with Gasteiger partial charge in [-0.3, -0.25) is 9.59 Å². The lowest BCUT2D eigenvalue weighted by atomic mass is 10.1. The second-order valence-electron chi connectivity index (χ2n) is 4.69. The number of carboxylic acids is 1. The van der Waals surface area contributed by atoms with Crippen molar-refractivity contribution in [1.29, 1.82) is 0 Å². The van der Waals surface area contributed by atoms with Crippen LogP contribution in [0.4, 0.5) is 5.69 Å². The molecule has 0 aliphatic carbocycles. The van der Waals surface area contributed by atoms with Gasteiger partial charge in [0.1, 0.15) is 5.78 Å². The molecule has 1 aliphatic rings. The molecule has 0 aromatic heterocycles. The normalized spacial score (nSPS) is 17.8. The van der Waals surface area contributed by atoms with Gasteiger partial charge in [0.05, 0.1) is 16.5 Å². The van der Waals surface area contributed by atoms with Crippen LogP contribution in [0.1, 0.15) is 30.6 Å². The van der Waals surface area contributed by atoms with Crippen LogP contribution in [0.3, 0.4) is 0 Å². The third-order valence-electron chi connectivity index (χ3n) is 3.10. The van der Waals surface area contributed by atoms with Crippen LogP contribution >= 0.6 is 11.8 Å². The molecule has 0 bridgehead atoms. The molecule has 106 valence electrons. The number of carbonyl (C=O) groups is 3. The number of rotatable bonds is 4. The van der Waals surface area contributed by atoms with Gasteiger partial charge in [-0.2, -0.15) is 0 Å². The van der Waals surface area contributed by atoms with Gasteiger partial charge in [-0.1, -0.05) is 0 Å². The lowest BCUT2D eigenvalue weighted by molar-refractivity contribution is -0.118. The molecular weight excluding hydrogens is 278 g/mol. The SMILES string of the molecule is CC(=O)CCN1C(=O)C(C)Sc2ccc(C(=O)O)cc21. The zero-order chi connectivity index (χ0) is 14.9. The first-order chi connectivity index (χ1) is 9.40. The topological polar surface area (TPSA) is 74.7 Å². The number of amides is 1. The fourth-order valence-electron chi connectivity index (χ4n) is 2.04. The number of aromatic carboxylic acids is 1. The highest BCUT2D eigenvalue weighted by atomic mass is 32.2. The molecule has 1 aromatic rings. The van der Waals surface area contributed by atoms with E-state index in [9.17, 15) is 14.4 Å². The van der Waals surface area contributed by atoms with Crippen LogP contribution in [0.2, 0.25) is 0 Å². The Balaban J connectivity index is 2.40. The van der Waals surface area contributed by atoms with Crippen molar-refractivity contribution < 1.29 is 19.5 Å². The summed E-state index contributed by atoms with van der Waals surface area (Å²) in [6, 6.07) is 4.74. The molecule has 1 aromatic carbocycles. The molecule has 0 saturated heterocycles. The van der Waals surface area contributed by atoms with Crippen LogP contribution in [0.5, 0.6) is 0 Å². The third kappa shape index (κ3) is 2.85. The Morgan fingerprint density at radius 1 is 1.40 bits per heavy atom. The summed E-state index contributed by atoms with van der Waals surface area (Å²) in [4.78, 5) is 36.8. The first-order valence-electron chi connectivity index (χ1n) is 6.25. The Kier molecular flexibility index (Phi) is 4.13. The lowest BCUT2D eigenvalue weighted by Gasteiger charge is -2.32. The van der Waals surface area contributed by atoms with Crippen LogP contribution < -0.4 is 4.90 Å². The minimum absolute atomic E-state index is 0.000353. The van der Waals surface area contributed by atoms with Gasteiger partial charge in [-0.05, 0) is 32.0 Å². The molecule has 1 unspecified atom stereocenters. The number of benzene rings is 1. The quantitative estimate of drug-likeness (QED) is 0.921. The number of nitrogens with zero attached hydrogens (tertiary/aromatic N) is 1. The number of ketones is 1. The summed E-state index contributed by atoms with van der Waals surface area (Å²) in [5.41, 5.74) is 0.721. The van der Waals surface area contributed by atoms with Gasteiger partial charge >= 0.3 is 5.97 Å². The number of carboxylic acid groups (broad SMARTS) is 1. The Bertz CT molecular complexity index is 585. The maximum absolute atomic E-state index is 12.2. The fraction of sp³-hybridized carbons (Fsp3) is 0.357. The van der Waals surface area contributed by atoms with E-state index in [1.54, 1.807) is 6.07 Å². The molecule has 1 amide bonds. The Labute approximate surface area is 121 Å². The van der Waals surface area contributed by atoms with Crippen molar-refractivity contribution in [2.24, 2.45) is 0 Å². The number of Topliss-reactive ketones (excluding diaryl/α,β-unsaturated/α-hetero) is 1. The Morgan fingerprint density at radius 2 is 2.10 bits per heavy atom. The molecule has 6 heteroatoms. The van der Waals surface area contributed by atoms with E-state index in [1.165, 1.54) is 35.7 Å². The number of hydrogen-bond donors (Lipinski definition) is 1. The minimum Gasteiger partial charge on any atom is -0.478 e. The van der Waals surface area contributed by atoms with Crippen molar-refractivity contribution in [3.8, 4) is 0 Å². The average molecular weight is 293 g/mol. The highest BCUT2D eigenvalue weighted by Crippen LogP contribution is 2.39. The maximum Gasteiger partial charge on any atom is 0.335 e. The number of carbonyl (C=O) groups excluding carboxylic acids is 2. The maximum atomic E-state index is 12.2. The lowest BCUT2D eigenvalue weighted by Crippen LogP contribution is -2.41. The van der Waals surface area contributed by atoms with E-state index < -0.39 is 5.97 Å². The first kappa shape index (κ1) is 14.6. The van der Waals surface area contributed by atoms with Crippen molar-refractivity contribution in [3.63, 3.8) is 0 Å². The number of hydrogen-bond acceptors (Lipinski definition) is 4. The zero-order valence-electron chi connectivity index (χ0n) is 11.3. The van der Waals surface area contributed by atoms with Crippen LogP contribution in [-0.4, -0.2) is 34.6 Å². The van der Waals surface area contributed by atoms with E-state index in [0.29, 0.717) is 5.69 Å². The van der Waals surface area contributed by atoms with Crippen molar-refractivity contribution in [2.45, 2.75) is 30.4 Å². The summed E-state index contributed by atoms with van der Waals surface area (Å²) in [6.45, 7) is 3.57. The molecule has 1 N–H and O–H groups in total. The van der Waals surface area contributed by atoms with Gasteiger partial charge in [0.2, 0.25) is 5.91 Å². The van der Waals surface area contributed by atoms with Gasteiger partial charge < -0.3 is 10.0 Å². The smallest absolute Gasteiger partial charge is 0.335 e. The highest BCUT2D eigenvalue weighted by molar-refractivity contribution is 8.00. The molecule has 5 nitrogen and oxygen atoms in total. The largest absolute Gasteiger partial charge is 0.478 e. The molecule has 0 spiro atoms. The molecule has 0 fully saturated rings. The summed E-state index contributed by atoms with van der Waals surface area (Å²) in [5, 5.41) is 8.81. The zero-order valence-corrected chi connectivity index (χ0v) is 12.1. The number of anilines is 1. The average Bonchev–Trinajstić information content (AvgIpc) is 2.38. The molecule has 20 heavy (non-hydrogen) atoms. The van der Waals surface area contributed by atoms with E-state index in [-0.39, 0.29) is 35.5 Å². The fourth-order valence-corrected chi connectivity index (χ4v) is 3.09.